The molecule has 1 amide bonds. The van der Waals surface area contributed by atoms with Gasteiger partial charge in [0.25, 0.3) is 0 Å². The normalized spacial score (nSPS) is 10.8. The lowest BCUT2D eigenvalue weighted by molar-refractivity contribution is -0.130. The zero-order valence-electron chi connectivity index (χ0n) is 12.3. The van der Waals surface area contributed by atoms with Crippen molar-refractivity contribution in [1.82, 2.24) is 24.5 Å². The van der Waals surface area contributed by atoms with Crippen molar-refractivity contribution in [2.24, 2.45) is 0 Å². The van der Waals surface area contributed by atoms with Crippen LogP contribution in [0.5, 0.6) is 0 Å². The second-order valence-electron chi connectivity index (χ2n) is 4.92. The Hall–Kier alpha value is -2.11. The molecule has 108 valence electrons. The van der Waals surface area contributed by atoms with E-state index in [-0.39, 0.29) is 5.91 Å². The van der Waals surface area contributed by atoms with Gasteiger partial charge >= 0.3 is 0 Å². The molecule has 0 spiro atoms. The van der Waals surface area contributed by atoms with Crippen LogP contribution < -0.4 is 0 Å². The van der Waals surface area contributed by atoms with E-state index in [0.717, 1.165) is 17.8 Å². The monoisotopic (exact) mass is 275 g/mol. The van der Waals surface area contributed by atoms with Gasteiger partial charge in [0, 0.05) is 39.0 Å². The summed E-state index contributed by atoms with van der Waals surface area (Å²) in [6.45, 7) is 6.05. The van der Waals surface area contributed by atoms with Gasteiger partial charge in [0.15, 0.2) is 0 Å². The third kappa shape index (κ3) is 3.46. The Morgan fingerprint density at radius 3 is 2.85 bits per heavy atom. The molecule has 2 aromatic rings. The average Bonchev–Trinajstić information content (AvgIpc) is 3.04. The zero-order valence-corrected chi connectivity index (χ0v) is 12.3. The molecule has 0 atom stereocenters. The maximum absolute atomic E-state index is 12.1. The van der Waals surface area contributed by atoms with Crippen molar-refractivity contribution in [2.75, 3.05) is 7.05 Å². The van der Waals surface area contributed by atoms with Gasteiger partial charge in [-0.05, 0) is 25.5 Å². The fourth-order valence-corrected chi connectivity index (χ4v) is 2.10. The lowest BCUT2D eigenvalue weighted by Crippen LogP contribution is -2.28. The van der Waals surface area contributed by atoms with E-state index in [0.29, 0.717) is 19.5 Å². The summed E-state index contributed by atoms with van der Waals surface area (Å²) >= 11 is 0. The summed E-state index contributed by atoms with van der Waals surface area (Å²) in [5.41, 5.74) is 2.16. The molecule has 0 aliphatic heterocycles. The van der Waals surface area contributed by atoms with Gasteiger partial charge in [0.05, 0.1) is 18.4 Å². The van der Waals surface area contributed by atoms with Crippen molar-refractivity contribution < 1.29 is 4.79 Å². The molecule has 0 saturated heterocycles. The second-order valence-corrected chi connectivity index (χ2v) is 4.92. The predicted octanol–water partition coefficient (Wildman–Crippen LogP) is 1.46. The highest BCUT2D eigenvalue weighted by molar-refractivity contribution is 5.75. The van der Waals surface area contributed by atoms with Crippen molar-refractivity contribution in [3.63, 3.8) is 0 Å². The van der Waals surface area contributed by atoms with Gasteiger partial charge in [-0.15, -0.1) is 0 Å². The van der Waals surface area contributed by atoms with Gasteiger partial charge in [-0.2, -0.15) is 10.2 Å². The lowest BCUT2D eigenvalue weighted by atomic mass is 10.3. The number of carbonyl (C=O) groups excluding carboxylic acids is 1. The molecule has 2 heterocycles. The topological polar surface area (TPSA) is 56.0 Å². The first-order chi connectivity index (χ1) is 9.60. The van der Waals surface area contributed by atoms with E-state index in [2.05, 4.69) is 10.2 Å². The van der Waals surface area contributed by atoms with Gasteiger partial charge in [0.1, 0.15) is 0 Å². The van der Waals surface area contributed by atoms with E-state index in [1.165, 1.54) is 0 Å². The summed E-state index contributed by atoms with van der Waals surface area (Å²) in [4.78, 5) is 13.8. The largest absolute Gasteiger partial charge is 0.340 e. The van der Waals surface area contributed by atoms with E-state index in [9.17, 15) is 4.79 Å². The van der Waals surface area contributed by atoms with Gasteiger partial charge in [-0.25, -0.2) is 0 Å². The van der Waals surface area contributed by atoms with Crippen LogP contribution in [0.2, 0.25) is 0 Å². The summed E-state index contributed by atoms with van der Waals surface area (Å²) in [6.07, 6.45) is 5.97. The number of aromatic nitrogens is 4. The Labute approximate surface area is 119 Å². The third-order valence-corrected chi connectivity index (χ3v) is 3.25. The minimum atomic E-state index is 0.113. The summed E-state index contributed by atoms with van der Waals surface area (Å²) in [5.74, 6) is 0.113. The minimum Gasteiger partial charge on any atom is -0.340 e. The molecule has 6 nitrogen and oxygen atoms in total. The number of carbonyl (C=O) groups is 1. The first-order valence-electron chi connectivity index (χ1n) is 6.84. The first-order valence-corrected chi connectivity index (χ1v) is 6.84. The van der Waals surface area contributed by atoms with E-state index < -0.39 is 0 Å². The molecule has 20 heavy (non-hydrogen) atoms. The van der Waals surface area contributed by atoms with Crippen molar-refractivity contribution in [2.45, 2.75) is 39.9 Å². The molecule has 0 bridgehead atoms. The number of rotatable bonds is 6. The van der Waals surface area contributed by atoms with Crippen LogP contribution in [0, 0.1) is 6.92 Å². The van der Waals surface area contributed by atoms with E-state index in [1.54, 1.807) is 22.0 Å². The van der Waals surface area contributed by atoms with Gasteiger partial charge in [-0.1, -0.05) is 0 Å². The molecule has 0 radical (unpaired) electrons. The maximum atomic E-state index is 12.1. The molecule has 0 aliphatic carbocycles. The Bertz CT molecular complexity index is 572. The Kier molecular flexibility index (Phi) is 4.55. The van der Waals surface area contributed by atoms with Crippen LogP contribution in [0.1, 0.15) is 24.6 Å². The van der Waals surface area contributed by atoms with E-state index in [4.69, 9.17) is 0 Å². The lowest BCUT2D eigenvalue weighted by Gasteiger charge is -2.17. The first kappa shape index (κ1) is 14.3. The van der Waals surface area contributed by atoms with Crippen molar-refractivity contribution in [1.29, 1.82) is 0 Å². The van der Waals surface area contributed by atoms with Crippen molar-refractivity contribution in [3.8, 4) is 0 Å². The summed E-state index contributed by atoms with van der Waals surface area (Å²) in [6, 6.07) is 1.95. The van der Waals surface area contributed by atoms with Crippen LogP contribution in [0.15, 0.2) is 24.7 Å². The van der Waals surface area contributed by atoms with Crippen LogP contribution in [-0.2, 0) is 24.4 Å². The number of aryl methyl sites for hydroxylation is 3. The molecule has 0 fully saturated rings. The van der Waals surface area contributed by atoms with Gasteiger partial charge in [-0.3, -0.25) is 14.2 Å². The molecule has 0 unspecified atom stereocenters. The highest BCUT2D eigenvalue weighted by atomic mass is 16.2. The fraction of sp³-hybridized carbons (Fsp3) is 0.500. The Balaban J connectivity index is 1.86. The molecule has 2 aromatic heterocycles. The molecule has 0 saturated carbocycles. The maximum Gasteiger partial charge on any atom is 0.224 e. The highest BCUT2D eigenvalue weighted by Crippen LogP contribution is 2.05. The number of amides is 1. The van der Waals surface area contributed by atoms with E-state index >= 15 is 0 Å². The average molecular weight is 275 g/mol. The quantitative estimate of drug-likeness (QED) is 0.802. The Morgan fingerprint density at radius 1 is 1.40 bits per heavy atom. The third-order valence-electron chi connectivity index (χ3n) is 3.25. The fourth-order valence-electron chi connectivity index (χ4n) is 2.10. The molecular weight excluding hydrogens is 254 g/mol. The number of hydrogen-bond donors (Lipinski definition) is 0. The second kappa shape index (κ2) is 6.36. The standard InChI is InChI=1S/C14H21N5O/c1-4-19-13(5-7-15-19)11-17(3)14(20)6-8-18-10-12(2)9-16-18/h5,7,9-10H,4,6,8,11H2,1-3H3. The van der Waals surface area contributed by atoms with E-state index in [1.807, 2.05) is 37.8 Å². The van der Waals surface area contributed by atoms with Crippen LogP contribution in [0.25, 0.3) is 0 Å². The van der Waals surface area contributed by atoms with Crippen LogP contribution in [0.4, 0.5) is 0 Å². The molecule has 2 rings (SSSR count). The molecular formula is C14H21N5O. The SMILES string of the molecule is CCn1nccc1CN(C)C(=O)CCn1cc(C)cn1. The van der Waals surface area contributed by atoms with Crippen LogP contribution in [0.3, 0.4) is 0 Å². The number of nitrogens with zero attached hydrogens (tertiary/aromatic N) is 5. The molecule has 6 heteroatoms. The molecule has 0 aromatic carbocycles. The summed E-state index contributed by atoms with van der Waals surface area (Å²) in [7, 11) is 1.82. The molecule has 0 aliphatic rings. The van der Waals surface area contributed by atoms with Crippen molar-refractivity contribution >= 4 is 5.91 Å². The van der Waals surface area contributed by atoms with Gasteiger partial charge in [0.2, 0.25) is 5.91 Å². The number of hydrogen-bond acceptors (Lipinski definition) is 3. The van der Waals surface area contributed by atoms with Crippen molar-refractivity contribution in [3.05, 3.63) is 35.9 Å². The van der Waals surface area contributed by atoms with Crippen LogP contribution >= 0.6 is 0 Å². The predicted molar refractivity (Wildman–Crippen MR) is 76.0 cm³/mol. The van der Waals surface area contributed by atoms with Gasteiger partial charge < -0.3 is 4.90 Å². The summed E-state index contributed by atoms with van der Waals surface area (Å²) in [5, 5.41) is 8.39. The summed E-state index contributed by atoms with van der Waals surface area (Å²) < 4.78 is 3.71. The molecule has 0 N–H and O–H groups in total. The Morgan fingerprint density at radius 2 is 2.20 bits per heavy atom. The minimum absolute atomic E-state index is 0.113. The smallest absolute Gasteiger partial charge is 0.224 e. The van der Waals surface area contributed by atoms with Crippen LogP contribution in [-0.4, -0.2) is 37.4 Å². The highest BCUT2D eigenvalue weighted by Gasteiger charge is 2.11. The zero-order chi connectivity index (χ0) is 14.5.